The quantitative estimate of drug-likeness (QED) is 0.366. The molecule has 0 aliphatic heterocycles. The molecule has 4 heteroatoms. The van der Waals surface area contributed by atoms with Crippen LogP contribution >= 0.6 is 0 Å². The lowest BCUT2D eigenvalue weighted by Crippen LogP contribution is -2.50. The van der Waals surface area contributed by atoms with Crippen LogP contribution < -0.4 is 10.6 Å². The van der Waals surface area contributed by atoms with Gasteiger partial charge in [0.1, 0.15) is 6.04 Å². The highest BCUT2D eigenvalue weighted by molar-refractivity contribution is 5.87. The smallest absolute Gasteiger partial charge is 0.242 e. The third kappa shape index (κ3) is 8.49. The van der Waals surface area contributed by atoms with Gasteiger partial charge < -0.3 is 10.6 Å². The number of benzene rings is 2. The maximum atomic E-state index is 13.0. The highest BCUT2D eigenvalue weighted by atomic mass is 16.2. The maximum Gasteiger partial charge on any atom is 0.242 e. The molecule has 2 aromatic carbocycles. The van der Waals surface area contributed by atoms with Gasteiger partial charge in [0.15, 0.2) is 0 Å². The fourth-order valence-corrected chi connectivity index (χ4v) is 4.01. The minimum atomic E-state index is -0.481. The average molecular weight is 437 g/mol. The number of carbonyl (C=O) groups is 2. The highest BCUT2D eigenvalue weighted by Crippen LogP contribution is 2.27. The van der Waals surface area contributed by atoms with Gasteiger partial charge in [0.05, 0.1) is 0 Å². The SMILES string of the molecule is CCCCCCC(=O)NC(C(=O)NCCC(c1ccccc1)c1ccccc1)C(C)CC. The summed E-state index contributed by atoms with van der Waals surface area (Å²) in [4.78, 5) is 25.4. The topological polar surface area (TPSA) is 58.2 Å². The van der Waals surface area contributed by atoms with Crippen molar-refractivity contribution in [2.45, 2.75) is 77.7 Å². The molecule has 0 radical (unpaired) electrons. The van der Waals surface area contributed by atoms with Crippen LogP contribution in [0.4, 0.5) is 0 Å². The molecular formula is C28H40N2O2. The summed E-state index contributed by atoms with van der Waals surface area (Å²) in [6.45, 7) is 6.80. The summed E-state index contributed by atoms with van der Waals surface area (Å²) in [6, 6.07) is 20.3. The summed E-state index contributed by atoms with van der Waals surface area (Å²) in [5.74, 6) is 0.204. The maximum absolute atomic E-state index is 13.0. The zero-order chi connectivity index (χ0) is 23.2. The molecule has 2 amide bonds. The molecule has 0 saturated heterocycles. The second-order valence-electron chi connectivity index (χ2n) is 8.70. The predicted molar refractivity (Wildman–Crippen MR) is 132 cm³/mol. The minimum absolute atomic E-state index is 0.0204. The number of hydrogen-bond donors (Lipinski definition) is 2. The van der Waals surface area contributed by atoms with Gasteiger partial charge in [0.25, 0.3) is 0 Å². The minimum Gasteiger partial charge on any atom is -0.354 e. The van der Waals surface area contributed by atoms with E-state index in [4.69, 9.17) is 0 Å². The predicted octanol–water partition coefficient (Wildman–Crippen LogP) is 5.83. The van der Waals surface area contributed by atoms with Gasteiger partial charge in [-0.15, -0.1) is 0 Å². The van der Waals surface area contributed by atoms with Crippen molar-refractivity contribution in [2.24, 2.45) is 5.92 Å². The lowest BCUT2D eigenvalue weighted by atomic mass is 9.88. The summed E-state index contributed by atoms with van der Waals surface area (Å²) < 4.78 is 0. The van der Waals surface area contributed by atoms with Crippen LogP contribution in [0.25, 0.3) is 0 Å². The lowest BCUT2D eigenvalue weighted by Gasteiger charge is -2.24. The Labute approximate surface area is 194 Å². The molecule has 0 saturated carbocycles. The van der Waals surface area contributed by atoms with Gasteiger partial charge in [-0.2, -0.15) is 0 Å². The Balaban J connectivity index is 1.96. The number of carbonyl (C=O) groups excluding carboxylic acids is 2. The Hall–Kier alpha value is -2.62. The molecule has 2 unspecified atom stereocenters. The summed E-state index contributed by atoms with van der Waals surface area (Å²) >= 11 is 0. The van der Waals surface area contributed by atoms with Crippen LogP contribution in [-0.2, 0) is 9.59 Å². The Morgan fingerprint density at radius 2 is 1.44 bits per heavy atom. The first-order valence-electron chi connectivity index (χ1n) is 12.2. The van der Waals surface area contributed by atoms with E-state index in [0.29, 0.717) is 13.0 Å². The van der Waals surface area contributed by atoms with Crippen molar-refractivity contribution in [1.82, 2.24) is 10.6 Å². The summed E-state index contributed by atoms with van der Waals surface area (Å²) in [7, 11) is 0. The van der Waals surface area contributed by atoms with Gasteiger partial charge in [0.2, 0.25) is 11.8 Å². The average Bonchev–Trinajstić information content (AvgIpc) is 2.83. The zero-order valence-electron chi connectivity index (χ0n) is 20.0. The van der Waals surface area contributed by atoms with Gasteiger partial charge in [-0.25, -0.2) is 0 Å². The van der Waals surface area contributed by atoms with Crippen LogP contribution in [-0.4, -0.2) is 24.4 Å². The molecule has 0 aliphatic carbocycles. The molecular weight excluding hydrogens is 396 g/mol. The van der Waals surface area contributed by atoms with E-state index in [1.165, 1.54) is 11.1 Å². The highest BCUT2D eigenvalue weighted by Gasteiger charge is 2.25. The van der Waals surface area contributed by atoms with E-state index in [9.17, 15) is 9.59 Å². The number of unbranched alkanes of at least 4 members (excludes halogenated alkanes) is 3. The van der Waals surface area contributed by atoms with Crippen molar-refractivity contribution < 1.29 is 9.59 Å². The van der Waals surface area contributed by atoms with Gasteiger partial charge >= 0.3 is 0 Å². The molecule has 4 nitrogen and oxygen atoms in total. The lowest BCUT2D eigenvalue weighted by molar-refractivity contribution is -0.130. The van der Waals surface area contributed by atoms with E-state index in [2.05, 4.69) is 73.0 Å². The molecule has 0 aliphatic rings. The number of amides is 2. The number of hydrogen-bond acceptors (Lipinski definition) is 2. The molecule has 0 fully saturated rings. The Kier molecular flexibility index (Phi) is 11.6. The molecule has 0 bridgehead atoms. The van der Waals surface area contributed by atoms with Crippen LogP contribution in [0.15, 0.2) is 60.7 Å². The van der Waals surface area contributed by atoms with E-state index in [0.717, 1.165) is 38.5 Å². The van der Waals surface area contributed by atoms with Gasteiger partial charge in [-0.3, -0.25) is 9.59 Å². The standard InChI is InChI=1S/C28H40N2O2/c1-4-6-7-14-19-26(31)30-27(22(3)5-2)28(32)29-21-20-25(23-15-10-8-11-16-23)24-17-12-9-13-18-24/h8-13,15-18,22,25,27H,4-7,14,19-21H2,1-3H3,(H,29,32)(H,30,31). The third-order valence-corrected chi connectivity index (χ3v) is 6.21. The number of nitrogens with one attached hydrogen (secondary N) is 2. The van der Waals surface area contributed by atoms with Crippen molar-refractivity contribution in [2.75, 3.05) is 6.54 Å². The van der Waals surface area contributed by atoms with Crippen LogP contribution in [0.5, 0.6) is 0 Å². The van der Waals surface area contributed by atoms with Crippen LogP contribution in [0.2, 0.25) is 0 Å². The van der Waals surface area contributed by atoms with Crippen molar-refractivity contribution >= 4 is 11.8 Å². The van der Waals surface area contributed by atoms with Gasteiger partial charge in [-0.05, 0) is 29.9 Å². The molecule has 2 aromatic rings. The van der Waals surface area contributed by atoms with Crippen LogP contribution in [0, 0.1) is 5.92 Å². The molecule has 0 heterocycles. The molecule has 2 atom stereocenters. The third-order valence-electron chi connectivity index (χ3n) is 6.21. The second kappa shape index (κ2) is 14.4. The van der Waals surface area contributed by atoms with E-state index in [1.807, 2.05) is 19.1 Å². The zero-order valence-corrected chi connectivity index (χ0v) is 20.0. The van der Waals surface area contributed by atoms with Gasteiger partial charge in [0, 0.05) is 18.9 Å². The van der Waals surface area contributed by atoms with E-state index >= 15 is 0 Å². The van der Waals surface area contributed by atoms with E-state index in [-0.39, 0.29) is 23.7 Å². The van der Waals surface area contributed by atoms with Crippen molar-refractivity contribution in [1.29, 1.82) is 0 Å². The molecule has 0 aromatic heterocycles. The molecule has 32 heavy (non-hydrogen) atoms. The second-order valence-corrected chi connectivity index (χ2v) is 8.70. The van der Waals surface area contributed by atoms with Crippen molar-refractivity contribution in [3.8, 4) is 0 Å². The van der Waals surface area contributed by atoms with Crippen LogP contribution in [0.1, 0.15) is 82.8 Å². The fraction of sp³-hybridized carbons (Fsp3) is 0.500. The Morgan fingerprint density at radius 3 is 1.97 bits per heavy atom. The van der Waals surface area contributed by atoms with E-state index < -0.39 is 6.04 Å². The first kappa shape index (κ1) is 25.6. The van der Waals surface area contributed by atoms with Crippen LogP contribution in [0.3, 0.4) is 0 Å². The normalized spacial score (nSPS) is 12.9. The molecule has 2 rings (SSSR count). The largest absolute Gasteiger partial charge is 0.354 e. The summed E-state index contributed by atoms with van der Waals surface area (Å²) in [5.41, 5.74) is 2.48. The molecule has 0 spiro atoms. The van der Waals surface area contributed by atoms with Gasteiger partial charge in [-0.1, -0.05) is 107 Å². The summed E-state index contributed by atoms with van der Waals surface area (Å²) in [5, 5.41) is 6.09. The fourth-order valence-electron chi connectivity index (χ4n) is 4.01. The number of rotatable bonds is 14. The first-order valence-corrected chi connectivity index (χ1v) is 12.2. The Bertz CT molecular complexity index is 752. The molecule has 174 valence electrons. The first-order chi connectivity index (χ1) is 15.6. The summed E-state index contributed by atoms with van der Waals surface area (Å²) in [6.07, 6.45) is 6.36. The molecule has 2 N–H and O–H groups in total. The van der Waals surface area contributed by atoms with Crippen molar-refractivity contribution in [3.05, 3.63) is 71.8 Å². The Morgan fingerprint density at radius 1 is 0.844 bits per heavy atom. The monoisotopic (exact) mass is 436 g/mol. The van der Waals surface area contributed by atoms with E-state index in [1.54, 1.807) is 0 Å². The van der Waals surface area contributed by atoms with Crippen molar-refractivity contribution in [3.63, 3.8) is 0 Å².